The summed E-state index contributed by atoms with van der Waals surface area (Å²) in [4.78, 5) is 38.7. The van der Waals surface area contributed by atoms with Gasteiger partial charge in [0.15, 0.2) is 11.6 Å². The number of carbonyl (C=O) groups is 2. The van der Waals surface area contributed by atoms with Gasteiger partial charge in [-0.3, -0.25) is 9.59 Å². The van der Waals surface area contributed by atoms with Crippen molar-refractivity contribution >= 4 is 17.8 Å². The number of halogens is 2. The molecule has 2 aliphatic heterocycles. The van der Waals surface area contributed by atoms with E-state index in [0.717, 1.165) is 12.1 Å². The number of likely N-dealkylation sites (tertiary alicyclic amines) is 1. The second kappa shape index (κ2) is 7.49. The predicted octanol–water partition coefficient (Wildman–Crippen LogP) is 1.18. The summed E-state index contributed by atoms with van der Waals surface area (Å²) in [6.07, 6.45) is 3.37. The van der Waals surface area contributed by atoms with Crippen LogP contribution < -0.4 is 4.90 Å². The van der Waals surface area contributed by atoms with Gasteiger partial charge in [0.1, 0.15) is 0 Å². The summed E-state index contributed by atoms with van der Waals surface area (Å²) in [6, 6.07) is 4.83. The molecule has 0 bridgehead atoms. The molecule has 0 radical (unpaired) electrons. The van der Waals surface area contributed by atoms with Crippen LogP contribution in [0.5, 0.6) is 0 Å². The number of nitrogens with zero attached hydrogens (tertiary/aromatic N) is 5. The fourth-order valence-corrected chi connectivity index (χ4v) is 3.45. The summed E-state index contributed by atoms with van der Waals surface area (Å²) in [5.74, 6) is -2.03. The van der Waals surface area contributed by atoms with Gasteiger partial charge in [0.25, 0.3) is 5.91 Å². The molecule has 2 aromatic rings. The largest absolute Gasteiger partial charge is 0.339 e. The maximum absolute atomic E-state index is 13.3. The highest BCUT2D eigenvalue weighted by molar-refractivity contribution is 5.96. The molecule has 2 amide bonds. The summed E-state index contributed by atoms with van der Waals surface area (Å²) in [5.41, 5.74) is 0.0845. The van der Waals surface area contributed by atoms with Gasteiger partial charge in [-0.25, -0.2) is 18.7 Å². The molecule has 0 aliphatic carbocycles. The van der Waals surface area contributed by atoms with Crippen LogP contribution in [0, 0.1) is 17.6 Å². The molecule has 0 atom stereocenters. The minimum absolute atomic E-state index is 0.0166. The Hall–Kier alpha value is -3.10. The monoisotopic (exact) mass is 387 g/mol. The molecule has 0 saturated carbocycles. The number of piperazine rings is 1. The molecule has 9 heteroatoms. The lowest BCUT2D eigenvalue weighted by atomic mass is 9.96. The van der Waals surface area contributed by atoms with Crippen molar-refractivity contribution in [3.05, 3.63) is 53.9 Å². The first-order chi connectivity index (χ1) is 13.5. The highest BCUT2D eigenvalue weighted by Gasteiger charge is 2.39. The van der Waals surface area contributed by atoms with Crippen LogP contribution in [0.4, 0.5) is 14.7 Å². The van der Waals surface area contributed by atoms with E-state index in [1.54, 1.807) is 23.4 Å². The number of anilines is 1. The van der Waals surface area contributed by atoms with E-state index in [2.05, 4.69) is 9.97 Å². The van der Waals surface area contributed by atoms with Crippen molar-refractivity contribution in [3.8, 4) is 0 Å². The van der Waals surface area contributed by atoms with Gasteiger partial charge >= 0.3 is 0 Å². The molecule has 7 nitrogen and oxygen atoms in total. The van der Waals surface area contributed by atoms with Gasteiger partial charge in [-0.15, -0.1) is 0 Å². The molecule has 146 valence electrons. The van der Waals surface area contributed by atoms with E-state index in [1.165, 1.54) is 11.0 Å². The summed E-state index contributed by atoms with van der Waals surface area (Å²) in [7, 11) is 0. The second-order valence-corrected chi connectivity index (χ2v) is 6.90. The Bertz CT molecular complexity index is 881. The topological polar surface area (TPSA) is 69.6 Å². The van der Waals surface area contributed by atoms with Crippen LogP contribution in [0.15, 0.2) is 36.7 Å². The van der Waals surface area contributed by atoms with Crippen molar-refractivity contribution in [1.82, 2.24) is 19.8 Å². The van der Waals surface area contributed by atoms with Crippen molar-refractivity contribution in [3.63, 3.8) is 0 Å². The molecule has 2 fully saturated rings. The van der Waals surface area contributed by atoms with Crippen LogP contribution in [0.25, 0.3) is 0 Å². The van der Waals surface area contributed by atoms with Crippen LogP contribution in [0.2, 0.25) is 0 Å². The molecule has 2 saturated heterocycles. The van der Waals surface area contributed by atoms with Crippen LogP contribution in [0.1, 0.15) is 10.4 Å². The predicted molar refractivity (Wildman–Crippen MR) is 96.6 cm³/mol. The molecule has 28 heavy (non-hydrogen) atoms. The third-order valence-corrected chi connectivity index (χ3v) is 5.11. The van der Waals surface area contributed by atoms with E-state index in [1.807, 2.05) is 4.90 Å². The number of benzene rings is 1. The Labute approximate surface area is 160 Å². The molecule has 2 aliphatic rings. The average molecular weight is 387 g/mol. The zero-order valence-electron chi connectivity index (χ0n) is 15.1. The van der Waals surface area contributed by atoms with E-state index in [4.69, 9.17) is 0 Å². The number of hydrogen-bond donors (Lipinski definition) is 0. The lowest BCUT2D eigenvalue weighted by molar-refractivity contribution is -0.140. The van der Waals surface area contributed by atoms with Gasteiger partial charge in [-0.2, -0.15) is 0 Å². The molecule has 0 N–H and O–H groups in total. The third kappa shape index (κ3) is 3.51. The lowest BCUT2D eigenvalue weighted by Crippen LogP contribution is -2.59. The summed E-state index contributed by atoms with van der Waals surface area (Å²) < 4.78 is 26.3. The molecule has 0 unspecified atom stereocenters. The molecular weight excluding hydrogens is 368 g/mol. The van der Waals surface area contributed by atoms with E-state index in [-0.39, 0.29) is 17.4 Å². The molecule has 1 aromatic heterocycles. The smallest absolute Gasteiger partial charge is 0.254 e. The first-order valence-electron chi connectivity index (χ1n) is 9.08. The molecular formula is C19H19F2N5O2. The summed E-state index contributed by atoms with van der Waals surface area (Å²) in [5, 5.41) is 0. The fraction of sp³-hybridized carbons (Fsp3) is 0.368. The normalized spacial score (nSPS) is 17.4. The standard InChI is InChI=1S/C19H19F2N5O2/c20-15-3-2-13(10-16(15)21)17(27)26-11-14(12-26)18(28)24-6-8-25(9-7-24)19-22-4-1-5-23-19/h1-5,10,14H,6-9,11-12H2. The van der Waals surface area contributed by atoms with Gasteiger partial charge in [-0.1, -0.05) is 0 Å². The maximum Gasteiger partial charge on any atom is 0.254 e. The van der Waals surface area contributed by atoms with Gasteiger partial charge in [0.05, 0.1) is 5.92 Å². The Balaban J connectivity index is 1.28. The first kappa shape index (κ1) is 18.3. The number of amides is 2. The van der Waals surface area contributed by atoms with E-state index in [0.29, 0.717) is 45.2 Å². The second-order valence-electron chi connectivity index (χ2n) is 6.90. The van der Waals surface area contributed by atoms with Crippen molar-refractivity contribution in [2.24, 2.45) is 5.92 Å². The van der Waals surface area contributed by atoms with Gasteiger partial charge in [0, 0.05) is 57.2 Å². The summed E-state index contributed by atoms with van der Waals surface area (Å²) >= 11 is 0. The van der Waals surface area contributed by atoms with Gasteiger partial charge in [-0.05, 0) is 24.3 Å². The Morgan fingerprint density at radius 1 is 0.929 bits per heavy atom. The molecule has 1 aromatic carbocycles. The van der Waals surface area contributed by atoms with Crippen LogP contribution >= 0.6 is 0 Å². The molecule has 3 heterocycles. The van der Waals surface area contributed by atoms with Crippen molar-refractivity contribution in [2.75, 3.05) is 44.2 Å². The van der Waals surface area contributed by atoms with E-state index in [9.17, 15) is 18.4 Å². The van der Waals surface area contributed by atoms with E-state index >= 15 is 0 Å². The Morgan fingerprint density at radius 3 is 2.25 bits per heavy atom. The third-order valence-electron chi connectivity index (χ3n) is 5.11. The summed E-state index contributed by atoms with van der Waals surface area (Å²) in [6.45, 7) is 3.03. The van der Waals surface area contributed by atoms with Gasteiger partial charge in [0.2, 0.25) is 11.9 Å². The molecule has 4 rings (SSSR count). The minimum atomic E-state index is -1.06. The van der Waals surface area contributed by atoms with Crippen molar-refractivity contribution in [1.29, 1.82) is 0 Å². The first-order valence-corrected chi connectivity index (χ1v) is 9.08. The van der Waals surface area contributed by atoms with Gasteiger partial charge < -0.3 is 14.7 Å². The SMILES string of the molecule is O=C(c1ccc(F)c(F)c1)N1CC(C(=O)N2CCN(c3ncccn3)CC2)C1. The van der Waals surface area contributed by atoms with Crippen LogP contribution in [-0.2, 0) is 4.79 Å². The fourth-order valence-electron chi connectivity index (χ4n) is 3.45. The van der Waals surface area contributed by atoms with E-state index < -0.39 is 17.5 Å². The quantitative estimate of drug-likeness (QED) is 0.791. The highest BCUT2D eigenvalue weighted by Crippen LogP contribution is 2.22. The van der Waals surface area contributed by atoms with Crippen LogP contribution in [-0.4, -0.2) is 70.9 Å². The minimum Gasteiger partial charge on any atom is -0.339 e. The number of aromatic nitrogens is 2. The zero-order valence-corrected chi connectivity index (χ0v) is 15.1. The number of hydrogen-bond acceptors (Lipinski definition) is 5. The number of carbonyl (C=O) groups excluding carboxylic acids is 2. The van der Waals surface area contributed by atoms with Crippen molar-refractivity contribution in [2.45, 2.75) is 0 Å². The van der Waals surface area contributed by atoms with Crippen molar-refractivity contribution < 1.29 is 18.4 Å². The average Bonchev–Trinajstić information content (AvgIpc) is 2.69. The highest BCUT2D eigenvalue weighted by atomic mass is 19.2. The van der Waals surface area contributed by atoms with Crippen LogP contribution in [0.3, 0.4) is 0 Å². The zero-order chi connectivity index (χ0) is 19.7. The Morgan fingerprint density at radius 2 is 1.61 bits per heavy atom. The maximum atomic E-state index is 13.3. The number of rotatable bonds is 3. The lowest BCUT2D eigenvalue weighted by Gasteiger charge is -2.42. The molecule has 0 spiro atoms. The Kier molecular flexibility index (Phi) is 4.89.